The van der Waals surface area contributed by atoms with Gasteiger partial charge in [0.15, 0.2) is 0 Å². The van der Waals surface area contributed by atoms with Gasteiger partial charge in [0, 0.05) is 66.0 Å². The van der Waals surface area contributed by atoms with Gasteiger partial charge in [-0.25, -0.2) is 8.42 Å². The molecular formula is C26H45N5O5S. The third-order valence-electron chi connectivity index (χ3n) is 7.38. The molecule has 0 atom stereocenters. The molecule has 11 heteroatoms. The van der Waals surface area contributed by atoms with Crippen LogP contribution in [-0.4, -0.2) is 145 Å². The number of piperazine rings is 1. The van der Waals surface area contributed by atoms with Gasteiger partial charge in [0.2, 0.25) is 15.9 Å². The molecule has 210 valence electrons. The minimum absolute atomic E-state index is 0.0320. The minimum atomic E-state index is -3.68. The standard InChI is InChI=1S/C26H45N5O5S/c1-22-19-24(35-5)20-23(2)26(22)37(33,34)28(4)17-18-36-21-25(32)31-15-13-30(14-16-31)12-11-29-8-6-7-27(3)9-10-29/h19-20H,6-18,21H2,1-5H3. The third-order valence-corrected chi connectivity index (χ3v) is 9.55. The summed E-state index contributed by atoms with van der Waals surface area (Å²) in [6.07, 6.45) is 1.22. The highest BCUT2D eigenvalue weighted by Crippen LogP contribution is 2.27. The zero-order valence-electron chi connectivity index (χ0n) is 23.2. The summed E-state index contributed by atoms with van der Waals surface area (Å²) < 4.78 is 38.3. The molecule has 2 saturated heterocycles. The van der Waals surface area contributed by atoms with E-state index in [2.05, 4.69) is 21.7 Å². The van der Waals surface area contributed by atoms with E-state index >= 15 is 0 Å². The normalized spacial score (nSPS) is 18.8. The van der Waals surface area contributed by atoms with Gasteiger partial charge < -0.3 is 24.2 Å². The van der Waals surface area contributed by atoms with Crippen LogP contribution in [0.4, 0.5) is 0 Å². The van der Waals surface area contributed by atoms with Gasteiger partial charge in [0.1, 0.15) is 12.4 Å². The molecular weight excluding hydrogens is 494 g/mol. The van der Waals surface area contributed by atoms with E-state index in [-0.39, 0.29) is 30.6 Å². The van der Waals surface area contributed by atoms with Crippen molar-refractivity contribution in [3.8, 4) is 5.75 Å². The van der Waals surface area contributed by atoms with Crippen LogP contribution in [0.2, 0.25) is 0 Å². The van der Waals surface area contributed by atoms with Crippen molar-refractivity contribution in [2.45, 2.75) is 25.2 Å². The average molecular weight is 540 g/mol. The lowest BCUT2D eigenvalue weighted by Gasteiger charge is -2.35. The number of amides is 1. The van der Waals surface area contributed by atoms with Crippen LogP contribution in [0, 0.1) is 13.8 Å². The number of hydrogen-bond donors (Lipinski definition) is 0. The van der Waals surface area contributed by atoms with E-state index in [1.165, 1.54) is 24.3 Å². The van der Waals surface area contributed by atoms with Crippen LogP contribution in [0.15, 0.2) is 17.0 Å². The third kappa shape index (κ3) is 8.36. The van der Waals surface area contributed by atoms with Crippen molar-refractivity contribution in [1.29, 1.82) is 0 Å². The Bertz CT molecular complexity index is 974. The van der Waals surface area contributed by atoms with Crippen LogP contribution in [0.1, 0.15) is 17.5 Å². The van der Waals surface area contributed by atoms with E-state index in [1.54, 1.807) is 33.1 Å². The van der Waals surface area contributed by atoms with Gasteiger partial charge in [0.25, 0.3) is 0 Å². The SMILES string of the molecule is COc1cc(C)c(S(=O)(=O)N(C)CCOCC(=O)N2CCN(CCN3CCCN(C)CC3)CC2)c(C)c1. The fourth-order valence-corrected chi connectivity index (χ4v) is 6.54. The quantitative estimate of drug-likeness (QED) is 0.381. The van der Waals surface area contributed by atoms with Crippen molar-refractivity contribution >= 4 is 15.9 Å². The number of benzene rings is 1. The average Bonchev–Trinajstić information content (AvgIpc) is 3.08. The molecule has 0 aromatic heterocycles. The molecule has 0 saturated carbocycles. The first kappa shape index (κ1) is 29.8. The van der Waals surface area contributed by atoms with Gasteiger partial charge in [-0.3, -0.25) is 9.69 Å². The summed E-state index contributed by atoms with van der Waals surface area (Å²) in [5, 5.41) is 0. The Morgan fingerprint density at radius 2 is 1.54 bits per heavy atom. The predicted molar refractivity (Wildman–Crippen MR) is 145 cm³/mol. The lowest BCUT2D eigenvalue weighted by molar-refractivity contribution is -0.137. The molecule has 0 unspecified atom stereocenters. The zero-order chi connectivity index (χ0) is 27.0. The number of carbonyl (C=O) groups excluding carboxylic acids is 1. The predicted octanol–water partition coefficient (Wildman–Crippen LogP) is 0.731. The number of methoxy groups -OCH3 is 1. The van der Waals surface area contributed by atoms with Crippen LogP contribution in [-0.2, 0) is 19.6 Å². The summed E-state index contributed by atoms with van der Waals surface area (Å²) in [6, 6.07) is 3.44. The lowest BCUT2D eigenvalue weighted by Crippen LogP contribution is -2.51. The summed E-state index contributed by atoms with van der Waals surface area (Å²) >= 11 is 0. The lowest BCUT2D eigenvalue weighted by atomic mass is 10.1. The second kappa shape index (κ2) is 13.9. The molecule has 0 radical (unpaired) electrons. The van der Waals surface area contributed by atoms with Crippen molar-refractivity contribution < 1.29 is 22.7 Å². The number of carbonyl (C=O) groups is 1. The van der Waals surface area contributed by atoms with Gasteiger partial charge in [-0.05, 0) is 63.7 Å². The van der Waals surface area contributed by atoms with Gasteiger partial charge in [-0.1, -0.05) is 0 Å². The van der Waals surface area contributed by atoms with Crippen molar-refractivity contribution in [2.24, 2.45) is 0 Å². The summed E-state index contributed by atoms with van der Waals surface area (Å²) in [4.78, 5) is 22.1. The topological polar surface area (TPSA) is 85.9 Å². The van der Waals surface area contributed by atoms with Gasteiger partial charge in [0.05, 0.1) is 18.6 Å². The summed E-state index contributed by atoms with van der Waals surface area (Å²) in [6.45, 7) is 13.7. The highest BCUT2D eigenvalue weighted by molar-refractivity contribution is 7.89. The first-order valence-electron chi connectivity index (χ1n) is 13.2. The van der Waals surface area contributed by atoms with E-state index in [0.717, 1.165) is 45.8 Å². The molecule has 0 spiro atoms. The van der Waals surface area contributed by atoms with Crippen molar-refractivity contribution in [1.82, 2.24) is 23.9 Å². The van der Waals surface area contributed by atoms with E-state index in [1.807, 2.05) is 4.90 Å². The van der Waals surface area contributed by atoms with Crippen molar-refractivity contribution in [2.75, 3.05) is 106 Å². The van der Waals surface area contributed by atoms with Crippen LogP contribution in [0.3, 0.4) is 0 Å². The number of aryl methyl sites for hydroxylation is 2. The highest BCUT2D eigenvalue weighted by atomic mass is 32.2. The Hall–Kier alpha value is -1.76. The van der Waals surface area contributed by atoms with E-state index < -0.39 is 10.0 Å². The summed E-state index contributed by atoms with van der Waals surface area (Å²) in [5.41, 5.74) is 1.27. The molecule has 2 heterocycles. The summed E-state index contributed by atoms with van der Waals surface area (Å²) in [5.74, 6) is 0.590. The minimum Gasteiger partial charge on any atom is -0.497 e. The molecule has 0 N–H and O–H groups in total. The molecule has 1 aromatic carbocycles. The van der Waals surface area contributed by atoms with Crippen molar-refractivity contribution in [3.63, 3.8) is 0 Å². The van der Waals surface area contributed by atoms with Crippen LogP contribution in [0.25, 0.3) is 0 Å². The van der Waals surface area contributed by atoms with E-state index in [0.29, 0.717) is 30.0 Å². The van der Waals surface area contributed by atoms with Crippen molar-refractivity contribution in [3.05, 3.63) is 23.3 Å². The number of nitrogens with zero attached hydrogens (tertiary/aromatic N) is 5. The van der Waals surface area contributed by atoms with Crippen LogP contribution < -0.4 is 4.74 Å². The first-order valence-corrected chi connectivity index (χ1v) is 14.7. The Kier molecular flexibility index (Phi) is 11.2. The Balaban J connectivity index is 1.36. The smallest absolute Gasteiger partial charge is 0.248 e. The molecule has 1 aromatic rings. The monoisotopic (exact) mass is 539 g/mol. The summed E-state index contributed by atoms with van der Waals surface area (Å²) in [7, 11) is 1.60. The highest BCUT2D eigenvalue weighted by Gasteiger charge is 2.26. The fraction of sp³-hybridized carbons (Fsp3) is 0.731. The number of likely N-dealkylation sites (N-methyl/N-ethyl adjacent to an activating group) is 2. The van der Waals surface area contributed by atoms with Crippen LogP contribution in [0.5, 0.6) is 5.75 Å². The second-order valence-corrected chi connectivity index (χ2v) is 12.2. The zero-order valence-corrected chi connectivity index (χ0v) is 24.1. The second-order valence-electron chi connectivity index (χ2n) is 10.2. The number of ether oxygens (including phenoxy) is 2. The largest absolute Gasteiger partial charge is 0.497 e. The van der Waals surface area contributed by atoms with Crippen LogP contribution >= 0.6 is 0 Å². The van der Waals surface area contributed by atoms with E-state index in [4.69, 9.17) is 9.47 Å². The fourth-order valence-electron chi connectivity index (χ4n) is 4.98. The van der Waals surface area contributed by atoms with Gasteiger partial charge in [-0.15, -0.1) is 0 Å². The Labute approximate surface area is 223 Å². The Morgan fingerprint density at radius 1 is 0.946 bits per heavy atom. The van der Waals surface area contributed by atoms with Gasteiger partial charge >= 0.3 is 0 Å². The molecule has 2 fully saturated rings. The maximum absolute atomic E-state index is 13.1. The van der Waals surface area contributed by atoms with E-state index in [9.17, 15) is 13.2 Å². The maximum Gasteiger partial charge on any atom is 0.248 e. The molecule has 10 nitrogen and oxygen atoms in total. The molecule has 2 aliphatic heterocycles. The molecule has 2 aliphatic rings. The molecule has 1 amide bonds. The molecule has 3 rings (SSSR count). The maximum atomic E-state index is 13.1. The van der Waals surface area contributed by atoms with Gasteiger partial charge in [-0.2, -0.15) is 4.31 Å². The number of hydrogen-bond acceptors (Lipinski definition) is 8. The molecule has 37 heavy (non-hydrogen) atoms. The molecule has 0 aliphatic carbocycles. The number of sulfonamides is 1. The first-order chi connectivity index (χ1) is 17.6. The number of rotatable bonds is 11. The Morgan fingerprint density at radius 3 is 2.16 bits per heavy atom. The molecule has 0 bridgehead atoms.